The lowest BCUT2D eigenvalue weighted by Gasteiger charge is -2.17. The van der Waals surface area contributed by atoms with E-state index in [1.807, 2.05) is 26.0 Å². The third-order valence-corrected chi connectivity index (χ3v) is 6.09. The van der Waals surface area contributed by atoms with Crippen LogP contribution in [0, 0.1) is 12.8 Å². The molecule has 1 aliphatic rings. The van der Waals surface area contributed by atoms with E-state index >= 15 is 0 Å². The van der Waals surface area contributed by atoms with Gasteiger partial charge in [0.15, 0.2) is 5.96 Å². The number of aliphatic imine (C=N–C) groups is 1. The Morgan fingerprint density at radius 1 is 1.50 bits per heavy atom. The summed E-state index contributed by atoms with van der Waals surface area (Å²) >= 11 is 1.36. The lowest BCUT2D eigenvalue weighted by molar-refractivity contribution is 0.0531. The van der Waals surface area contributed by atoms with Crippen LogP contribution in [0.15, 0.2) is 27.8 Å². The van der Waals surface area contributed by atoms with Crippen LogP contribution in [-0.4, -0.2) is 49.8 Å². The maximum absolute atomic E-state index is 12.1. The fourth-order valence-corrected chi connectivity index (χ4v) is 4.08. The Morgan fingerprint density at radius 3 is 3.07 bits per heavy atom. The monoisotopic (exact) mass is 434 g/mol. The molecule has 0 spiro atoms. The van der Waals surface area contributed by atoms with E-state index in [1.165, 1.54) is 11.3 Å². The number of aromatic nitrogens is 1. The third-order valence-electron chi connectivity index (χ3n) is 4.77. The zero-order valence-corrected chi connectivity index (χ0v) is 18.6. The average Bonchev–Trinajstić information content (AvgIpc) is 3.48. The molecule has 1 fully saturated rings. The molecule has 30 heavy (non-hydrogen) atoms. The first-order valence-corrected chi connectivity index (χ1v) is 11.2. The summed E-state index contributed by atoms with van der Waals surface area (Å²) in [7, 11) is 0. The zero-order valence-electron chi connectivity index (χ0n) is 17.8. The first-order valence-electron chi connectivity index (χ1n) is 10.4. The molecule has 1 saturated heterocycles. The molecule has 3 heterocycles. The summed E-state index contributed by atoms with van der Waals surface area (Å²) < 4.78 is 16.0. The first-order chi connectivity index (χ1) is 14.6. The van der Waals surface area contributed by atoms with Crippen molar-refractivity contribution in [2.45, 2.75) is 39.7 Å². The van der Waals surface area contributed by atoms with E-state index in [4.69, 9.17) is 18.9 Å². The maximum atomic E-state index is 12.1. The number of nitrogens with one attached hydrogen (secondary N) is 2. The summed E-state index contributed by atoms with van der Waals surface area (Å²) in [5.41, 5.74) is 0.689. The van der Waals surface area contributed by atoms with Gasteiger partial charge >= 0.3 is 5.97 Å². The number of esters is 1. The molecule has 0 radical (unpaired) electrons. The zero-order chi connectivity index (χ0) is 21.3. The lowest BCUT2D eigenvalue weighted by Crippen LogP contribution is -2.40. The summed E-state index contributed by atoms with van der Waals surface area (Å²) in [6.45, 7) is 8.94. The average molecular weight is 435 g/mol. The molecule has 0 amide bonds. The standard InChI is InChI=1S/C21H30N4O4S/c1-4-28-20(26)18-14(2)24-19(30-18)15(3)25-21(23-12-16-8-11-27-13-16)22-9-7-17-6-5-10-29-17/h5-6,10,15-16H,4,7-9,11-13H2,1-3H3,(H2,22,23,25). The van der Waals surface area contributed by atoms with Crippen molar-refractivity contribution in [1.29, 1.82) is 0 Å². The second-order valence-corrected chi connectivity index (χ2v) is 8.26. The van der Waals surface area contributed by atoms with Crippen molar-refractivity contribution in [1.82, 2.24) is 15.6 Å². The van der Waals surface area contributed by atoms with Crippen LogP contribution in [0.4, 0.5) is 0 Å². The number of aryl methyl sites for hydroxylation is 1. The third kappa shape index (κ3) is 6.30. The summed E-state index contributed by atoms with van der Waals surface area (Å²) in [5.74, 6) is 1.76. The van der Waals surface area contributed by atoms with E-state index in [0.717, 1.165) is 36.8 Å². The number of carbonyl (C=O) groups excluding carboxylic acids is 1. The van der Waals surface area contributed by atoms with Gasteiger partial charge in [0, 0.05) is 32.0 Å². The van der Waals surface area contributed by atoms with Gasteiger partial charge in [-0.05, 0) is 39.3 Å². The van der Waals surface area contributed by atoms with Gasteiger partial charge in [0.2, 0.25) is 0 Å². The van der Waals surface area contributed by atoms with Crippen LogP contribution in [0.2, 0.25) is 0 Å². The molecule has 2 aromatic rings. The van der Waals surface area contributed by atoms with Crippen molar-refractivity contribution < 1.29 is 18.7 Å². The van der Waals surface area contributed by atoms with Gasteiger partial charge in [-0.1, -0.05) is 0 Å². The number of nitrogens with zero attached hydrogens (tertiary/aromatic N) is 2. The Kier molecular flexibility index (Phi) is 8.27. The molecule has 2 atom stereocenters. The number of thiazole rings is 1. The van der Waals surface area contributed by atoms with Crippen LogP contribution >= 0.6 is 11.3 Å². The Balaban J connectivity index is 1.63. The van der Waals surface area contributed by atoms with Gasteiger partial charge in [0.25, 0.3) is 0 Å². The number of carbonyl (C=O) groups is 1. The second kappa shape index (κ2) is 11.1. The summed E-state index contributed by atoms with van der Waals surface area (Å²) in [4.78, 5) is 22.0. The van der Waals surface area contributed by atoms with Crippen LogP contribution in [0.3, 0.4) is 0 Å². The van der Waals surface area contributed by atoms with E-state index in [2.05, 4.69) is 15.6 Å². The quantitative estimate of drug-likeness (QED) is 0.355. The molecular weight excluding hydrogens is 404 g/mol. The predicted molar refractivity (Wildman–Crippen MR) is 116 cm³/mol. The summed E-state index contributed by atoms with van der Waals surface area (Å²) in [6, 6.07) is 3.74. The van der Waals surface area contributed by atoms with Crippen molar-refractivity contribution >= 4 is 23.3 Å². The van der Waals surface area contributed by atoms with Gasteiger partial charge in [0.05, 0.1) is 31.2 Å². The highest BCUT2D eigenvalue weighted by molar-refractivity contribution is 7.13. The van der Waals surface area contributed by atoms with Gasteiger partial charge in [-0.25, -0.2) is 9.78 Å². The molecule has 0 bridgehead atoms. The summed E-state index contributed by atoms with van der Waals surface area (Å²) in [6.07, 6.45) is 3.47. The first kappa shape index (κ1) is 22.3. The van der Waals surface area contributed by atoms with Crippen LogP contribution in [0.1, 0.15) is 52.4 Å². The molecule has 3 rings (SSSR count). The van der Waals surface area contributed by atoms with Crippen LogP contribution in [0.5, 0.6) is 0 Å². The smallest absolute Gasteiger partial charge is 0.350 e. The Morgan fingerprint density at radius 2 is 2.37 bits per heavy atom. The van der Waals surface area contributed by atoms with Gasteiger partial charge in [-0.2, -0.15) is 0 Å². The van der Waals surface area contributed by atoms with Crippen LogP contribution < -0.4 is 10.6 Å². The fraction of sp³-hybridized carbons (Fsp3) is 0.571. The van der Waals surface area contributed by atoms with Crippen LogP contribution in [-0.2, 0) is 15.9 Å². The van der Waals surface area contributed by atoms with Crippen molar-refractivity contribution in [3.05, 3.63) is 39.7 Å². The topological polar surface area (TPSA) is 98.0 Å². The largest absolute Gasteiger partial charge is 0.469 e. The molecule has 0 aliphatic carbocycles. The van der Waals surface area contributed by atoms with E-state index in [9.17, 15) is 4.79 Å². The fourth-order valence-electron chi connectivity index (χ4n) is 3.11. The van der Waals surface area contributed by atoms with E-state index < -0.39 is 0 Å². The number of hydrogen-bond donors (Lipinski definition) is 2. The number of ether oxygens (including phenoxy) is 2. The maximum Gasteiger partial charge on any atom is 0.350 e. The SMILES string of the molecule is CCOC(=O)c1sc(C(C)NC(=NCC2CCOC2)NCCc2ccco2)nc1C. The van der Waals surface area contributed by atoms with E-state index in [-0.39, 0.29) is 12.0 Å². The van der Waals surface area contributed by atoms with Crippen molar-refractivity contribution in [3.8, 4) is 0 Å². The number of furan rings is 1. The number of rotatable bonds is 9. The second-order valence-electron chi connectivity index (χ2n) is 7.23. The van der Waals surface area contributed by atoms with Crippen molar-refractivity contribution in [2.75, 3.05) is 32.9 Å². The molecule has 1 aliphatic heterocycles. The number of hydrogen-bond acceptors (Lipinski definition) is 7. The molecule has 0 aromatic carbocycles. The normalized spacial score (nSPS) is 17.7. The summed E-state index contributed by atoms with van der Waals surface area (Å²) in [5, 5.41) is 7.60. The molecule has 2 unspecified atom stereocenters. The predicted octanol–water partition coefficient (Wildman–Crippen LogP) is 3.10. The van der Waals surface area contributed by atoms with Gasteiger partial charge in [-0.15, -0.1) is 11.3 Å². The Labute approximate surface area is 181 Å². The lowest BCUT2D eigenvalue weighted by atomic mass is 10.1. The molecule has 2 aromatic heterocycles. The Hall–Kier alpha value is -2.39. The van der Waals surface area contributed by atoms with Gasteiger partial charge < -0.3 is 24.5 Å². The molecule has 164 valence electrons. The Bertz CT molecular complexity index is 828. The highest BCUT2D eigenvalue weighted by Crippen LogP contribution is 2.24. The molecule has 2 N–H and O–H groups in total. The minimum Gasteiger partial charge on any atom is -0.469 e. The highest BCUT2D eigenvalue weighted by atomic mass is 32.1. The molecular formula is C21H30N4O4S. The molecule has 9 heteroatoms. The molecule has 8 nitrogen and oxygen atoms in total. The minimum atomic E-state index is -0.322. The number of guanidine groups is 1. The van der Waals surface area contributed by atoms with Gasteiger partial charge in [0.1, 0.15) is 15.6 Å². The van der Waals surface area contributed by atoms with Crippen molar-refractivity contribution in [2.24, 2.45) is 10.9 Å². The highest BCUT2D eigenvalue weighted by Gasteiger charge is 2.21. The van der Waals surface area contributed by atoms with Gasteiger partial charge in [-0.3, -0.25) is 4.99 Å². The van der Waals surface area contributed by atoms with Crippen LogP contribution in [0.25, 0.3) is 0 Å². The van der Waals surface area contributed by atoms with E-state index in [0.29, 0.717) is 42.1 Å². The minimum absolute atomic E-state index is 0.105. The van der Waals surface area contributed by atoms with Crippen molar-refractivity contribution in [3.63, 3.8) is 0 Å². The van der Waals surface area contributed by atoms with E-state index in [1.54, 1.807) is 13.2 Å². The molecule has 0 saturated carbocycles.